The summed E-state index contributed by atoms with van der Waals surface area (Å²) in [4.78, 5) is 48.4. The van der Waals surface area contributed by atoms with Crippen molar-refractivity contribution in [2.24, 2.45) is 7.05 Å². The lowest BCUT2D eigenvalue weighted by atomic mass is 10.1. The van der Waals surface area contributed by atoms with Gasteiger partial charge in [-0.05, 0) is 4.98 Å². The molecule has 0 atom stereocenters. The molecule has 0 aromatic carbocycles. The summed E-state index contributed by atoms with van der Waals surface area (Å²) >= 11 is 0. The molecule has 0 fully saturated rings. The van der Waals surface area contributed by atoms with E-state index in [0.29, 0.717) is 17.1 Å². The predicted molar refractivity (Wildman–Crippen MR) is 90.8 cm³/mol. The lowest BCUT2D eigenvalue weighted by Gasteiger charge is -2.13. The Labute approximate surface area is 175 Å². The number of rotatable bonds is 5. The third kappa shape index (κ3) is 5.60. The third-order valence-corrected chi connectivity index (χ3v) is 4.00. The molecule has 2 aromatic rings. The molecule has 0 spiro atoms. The van der Waals surface area contributed by atoms with Gasteiger partial charge in [0.15, 0.2) is 0 Å². The number of aromatic nitrogens is 4. The second-order valence-corrected chi connectivity index (χ2v) is 6.31. The highest BCUT2D eigenvalue weighted by Gasteiger charge is 2.30. The largest absolute Gasteiger partial charge is 0.542 e. The summed E-state index contributed by atoms with van der Waals surface area (Å²) in [6.45, 7) is -0.460. The minimum atomic E-state index is -5.19. The van der Waals surface area contributed by atoms with Crippen molar-refractivity contribution in [3.05, 3.63) is 39.3 Å². The Bertz CT molecular complexity index is 1110. The van der Waals surface area contributed by atoms with E-state index in [1.165, 1.54) is 10.9 Å². The number of H-pyrrole nitrogens is 1. The maximum Gasteiger partial charge on any atom is 0.430 e. The minimum absolute atomic E-state index is 0.0465. The Morgan fingerprint density at radius 1 is 1.38 bits per heavy atom. The van der Waals surface area contributed by atoms with Crippen LogP contribution in [0.4, 0.5) is 13.2 Å². The molecule has 0 saturated heterocycles. The van der Waals surface area contributed by atoms with E-state index in [4.69, 9.17) is 19.7 Å². The first kappa shape index (κ1) is 24.3. The lowest BCUT2D eigenvalue weighted by molar-refractivity contribution is -0.728. The molecule has 0 unspecified atom stereocenters. The van der Waals surface area contributed by atoms with Gasteiger partial charge in [-0.1, -0.05) is 0 Å². The predicted octanol–water partition coefficient (Wildman–Crippen LogP) is -2.71. The molecule has 2 aromatic heterocycles. The molecule has 0 saturated carbocycles. The monoisotopic (exact) mass is 463 g/mol. The fraction of sp³-hybridized carbons (Fsp3) is 0.375. The molecular formula is C16H16F3N5O8. The zero-order valence-electron chi connectivity index (χ0n) is 16.2. The number of pyridine rings is 1. The quantitative estimate of drug-likeness (QED) is 0.342. The van der Waals surface area contributed by atoms with E-state index in [9.17, 15) is 32.7 Å². The van der Waals surface area contributed by atoms with Gasteiger partial charge in [-0.15, -0.1) is 0 Å². The Balaban J connectivity index is 0.000000451. The van der Waals surface area contributed by atoms with E-state index >= 15 is 0 Å². The van der Waals surface area contributed by atoms with E-state index in [-0.39, 0.29) is 19.8 Å². The van der Waals surface area contributed by atoms with Gasteiger partial charge in [0.2, 0.25) is 0 Å². The van der Waals surface area contributed by atoms with Crippen LogP contribution in [0.3, 0.4) is 0 Å². The van der Waals surface area contributed by atoms with Gasteiger partial charge in [0.25, 0.3) is 17.3 Å². The highest BCUT2D eigenvalue weighted by atomic mass is 19.4. The second-order valence-electron chi connectivity index (χ2n) is 6.31. The Morgan fingerprint density at radius 3 is 2.50 bits per heavy atom. The topological polar surface area (TPSA) is 191 Å². The molecule has 1 aliphatic heterocycles. The van der Waals surface area contributed by atoms with Gasteiger partial charge < -0.3 is 30.2 Å². The molecule has 13 nitrogen and oxygen atoms in total. The third-order valence-electron chi connectivity index (χ3n) is 4.00. The number of amides is 1. The molecule has 174 valence electrons. The molecule has 1 aliphatic rings. The standard InChI is InChI=1S/C14H15N5O6.C2HF3O2/c1-18-6-16-9(17-18)3-19-8-5-25-4-7(8)12(22)11(14(19)24)13(23)15-2-10(20)21;3-2(4,5)1(6)7/h6H,2-5H2,1H3,(H3,15,20,21,22,23,24);(H,6,7). The van der Waals surface area contributed by atoms with Crippen LogP contribution in [-0.2, 0) is 41.1 Å². The number of aromatic amines is 1. The maximum atomic E-state index is 12.7. The van der Waals surface area contributed by atoms with Gasteiger partial charge in [0.05, 0.1) is 18.9 Å². The first-order valence-electron chi connectivity index (χ1n) is 8.55. The molecule has 0 aliphatic carbocycles. The zero-order valence-corrected chi connectivity index (χ0v) is 16.2. The van der Waals surface area contributed by atoms with Gasteiger partial charge in [0, 0.05) is 5.56 Å². The van der Waals surface area contributed by atoms with Gasteiger partial charge in [-0.2, -0.15) is 23.0 Å². The average Bonchev–Trinajstić information content (AvgIpc) is 3.32. The highest BCUT2D eigenvalue weighted by molar-refractivity contribution is 5.98. The van der Waals surface area contributed by atoms with Crippen molar-refractivity contribution < 1.29 is 52.3 Å². The summed E-state index contributed by atoms with van der Waals surface area (Å²) in [5, 5.41) is 32.7. The van der Waals surface area contributed by atoms with Crippen molar-refractivity contribution in [1.29, 1.82) is 0 Å². The number of carbonyl (C=O) groups excluding carboxylic acids is 2. The number of aromatic hydroxyl groups is 1. The number of alkyl halides is 3. The molecule has 3 heterocycles. The van der Waals surface area contributed by atoms with Gasteiger partial charge >= 0.3 is 18.5 Å². The molecule has 3 rings (SSSR count). The van der Waals surface area contributed by atoms with E-state index in [1.54, 1.807) is 11.7 Å². The number of nitrogens with one attached hydrogen (secondary N) is 2. The van der Waals surface area contributed by atoms with Crippen LogP contribution in [0.15, 0.2) is 11.1 Å². The van der Waals surface area contributed by atoms with E-state index in [1.807, 2.05) is 0 Å². The Morgan fingerprint density at radius 2 is 2.00 bits per heavy atom. The van der Waals surface area contributed by atoms with Gasteiger partial charge in [-0.3, -0.25) is 19.0 Å². The average molecular weight is 463 g/mol. The highest BCUT2D eigenvalue weighted by Crippen LogP contribution is 2.29. The number of hydrogen-bond acceptors (Lipinski definition) is 8. The fourth-order valence-corrected chi connectivity index (χ4v) is 2.64. The number of fused-ring (bicyclic) bond motifs is 1. The van der Waals surface area contributed by atoms with Crippen LogP contribution in [-0.4, -0.2) is 55.4 Å². The minimum Gasteiger partial charge on any atom is -0.542 e. The summed E-state index contributed by atoms with van der Waals surface area (Å²) < 4.78 is 39.7. The number of nitrogens with zero attached hydrogens (tertiary/aromatic N) is 3. The van der Waals surface area contributed by atoms with Crippen molar-refractivity contribution in [1.82, 2.24) is 20.0 Å². The molecule has 4 N–H and O–H groups in total. The molecule has 32 heavy (non-hydrogen) atoms. The first-order valence-corrected chi connectivity index (χ1v) is 8.55. The molecule has 0 radical (unpaired) electrons. The maximum absolute atomic E-state index is 12.7. The van der Waals surface area contributed by atoms with Crippen molar-refractivity contribution in [3.8, 4) is 5.75 Å². The van der Waals surface area contributed by atoms with Crippen LogP contribution in [0.25, 0.3) is 0 Å². The number of ether oxygens (including phenoxy) is 1. The van der Waals surface area contributed by atoms with E-state index in [0.717, 1.165) is 0 Å². The van der Waals surface area contributed by atoms with Gasteiger partial charge in [-0.25, -0.2) is 0 Å². The summed E-state index contributed by atoms with van der Waals surface area (Å²) in [7, 11) is 1.73. The number of carboxylic acids is 2. The number of hydrogen-bond donors (Lipinski definition) is 4. The van der Waals surface area contributed by atoms with Crippen LogP contribution in [0.5, 0.6) is 5.75 Å². The number of aliphatic carboxylic acids is 2. The van der Waals surface area contributed by atoms with Crippen LogP contribution in [0.2, 0.25) is 0 Å². The van der Waals surface area contributed by atoms with Gasteiger partial charge in [0.1, 0.15) is 37.4 Å². The van der Waals surface area contributed by atoms with E-state index < -0.39 is 47.4 Å². The van der Waals surface area contributed by atoms with Crippen molar-refractivity contribution >= 4 is 17.8 Å². The van der Waals surface area contributed by atoms with Crippen LogP contribution < -0.4 is 20.7 Å². The smallest absolute Gasteiger partial charge is 0.430 e. The zero-order chi connectivity index (χ0) is 24.2. The van der Waals surface area contributed by atoms with Crippen molar-refractivity contribution in [3.63, 3.8) is 0 Å². The first-order chi connectivity index (χ1) is 14.8. The summed E-state index contributed by atoms with van der Waals surface area (Å²) in [6.07, 6.45) is -3.67. The number of halogens is 3. The van der Waals surface area contributed by atoms with Crippen molar-refractivity contribution in [2.75, 3.05) is 6.54 Å². The summed E-state index contributed by atoms with van der Waals surface area (Å²) in [6, 6.07) is 0. The van der Waals surface area contributed by atoms with Crippen LogP contribution in [0, 0.1) is 0 Å². The SMILES string of the molecule is C[n+]1cnc(Cn2c3c(c(O)c(C(=O)NCC(=O)O)c2=O)COC3)[nH]1.O=C([O-])C(F)(F)F. The number of carboxylic acid groups (broad SMARTS) is 2. The number of carbonyl (C=O) groups is 3. The Kier molecular flexibility index (Phi) is 7.19. The molecule has 0 bridgehead atoms. The second kappa shape index (κ2) is 9.46. The lowest BCUT2D eigenvalue weighted by Crippen LogP contribution is -2.37. The number of aryl methyl sites for hydroxylation is 1. The molecular weight excluding hydrogens is 447 g/mol. The summed E-state index contributed by atoms with van der Waals surface area (Å²) in [5.41, 5.74) is -0.475. The summed E-state index contributed by atoms with van der Waals surface area (Å²) in [5.74, 6) is -5.24. The van der Waals surface area contributed by atoms with Crippen LogP contribution >= 0.6 is 0 Å². The molecule has 16 heteroatoms. The normalized spacial score (nSPS) is 12.5. The molecule has 1 amide bonds. The van der Waals surface area contributed by atoms with Crippen molar-refractivity contribution in [2.45, 2.75) is 25.9 Å². The fourth-order valence-electron chi connectivity index (χ4n) is 2.64. The Hall–Kier alpha value is -3.95. The van der Waals surface area contributed by atoms with Crippen LogP contribution in [0.1, 0.15) is 27.4 Å². The van der Waals surface area contributed by atoms with E-state index in [2.05, 4.69) is 15.4 Å².